The highest BCUT2D eigenvalue weighted by molar-refractivity contribution is 5.83. The van der Waals surface area contributed by atoms with E-state index < -0.39 is 18.4 Å². The topological polar surface area (TPSA) is 117 Å². The van der Waals surface area contributed by atoms with Crippen LogP contribution in [0.25, 0.3) is 0 Å². The van der Waals surface area contributed by atoms with Gasteiger partial charge in [-0.05, 0) is 57.9 Å². The van der Waals surface area contributed by atoms with Crippen molar-refractivity contribution in [3.05, 3.63) is 0 Å². The molecule has 2 aliphatic rings. The summed E-state index contributed by atoms with van der Waals surface area (Å²) < 4.78 is 0. The molecule has 1 aliphatic carbocycles. The van der Waals surface area contributed by atoms with Crippen molar-refractivity contribution >= 4 is 11.8 Å². The summed E-state index contributed by atoms with van der Waals surface area (Å²) in [6.07, 6.45) is 9.50. The van der Waals surface area contributed by atoms with Gasteiger partial charge in [0.1, 0.15) is 18.4 Å². The number of carbonyl (C=O) groups excluding carboxylic acids is 2. The van der Waals surface area contributed by atoms with Crippen LogP contribution in [0.5, 0.6) is 0 Å². The van der Waals surface area contributed by atoms with Crippen LogP contribution >= 0.6 is 0 Å². The molecule has 5 N–H and O–H groups in total. The van der Waals surface area contributed by atoms with E-state index >= 15 is 0 Å². The third-order valence-corrected chi connectivity index (χ3v) is 9.50. The first-order valence-corrected chi connectivity index (χ1v) is 16.7. The number of nitrogens with one attached hydrogen (secondary N) is 3. The maximum absolute atomic E-state index is 13.7. The Labute approximate surface area is 250 Å². The summed E-state index contributed by atoms with van der Waals surface area (Å²) in [5.74, 6) is 0.530. The molecule has 1 saturated heterocycles. The Bertz CT molecular complexity index is 764. The third kappa shape index (κ3) is 10.4. The average Bonchev–Trinajstić information content (AvgIpc) is 2.96. The van der Waals surface area contributed by atoms with Crippen molar-refractivity contribution in [3.8, 4) is 0 Å². The zero-order valence-corrected chi connectivity index (χ0v) is 27.2. The normalized spacial score (nSPS) is 27.6. The number of aliphatic hydroxyl groups excluding tert-OH is 2. The lowest BCUT2D eigenvalue weighted by Crippen LogP contribution is -2.75. The van der Waals surface area contributed by atoms with Gasteiger partial charge in [-0.1, -0.05) is 73.1 Å². The molecule has 2 fully saturated rings. The average molecular weight is 582 g/mol. The third-order valence-electron chi connectivity index (χ3n) is 9.50. The van der Waals surface area contributed by atoms with E-state index in [4.69, 9.17) is 0 Å². The van der Waals surface area contributed by atoms with Crippen LogP contribution in [-0.2, 0) is 9.59 Å². The Morgan fingerprint density at radius 1 is 0.951 bits per heavy atom. The number of likely N-dealkylation sites (N-methyl/N-ethyl adjacent to an activating group) is 1. The molecule has 2 amide bonds. The van der Waals surface area contributed by atoms with Gasteiger partial charge in [0, 0.05) is 37.6 Å². The lowest BCUT2D eigenvalue weighted by Gasteiger charge is -2.53. The zero-order valence-electron chi connectivity index (χ0n) is 27.2. The van der Waals surface area contributed by atoms with Crippen LogP contribution < -0.4 is 16.0 Å². The fourth-order valence-electron chi connectivity index (χ4n) is 6.74. The van der Waals surface area contributed by atoms with E-state index in [-0.39, 0.29) is 36.0 Å². The SMILES string of the molecule is CCCCCC(C)CNC(=O)C(C)CNC(CC)C1N(C)C(O)C(O)C(C(=O)N[C@H](C)C2CCCCC2)N1CCC. The van der Waals surface area contributed by atoms with Crippen LogP contribution in [-0.4, -0.2) is 95.1 Å². The molecule has 0 spiro atoms. The molecule has 7 unspecified atom stereocenters. The van der Waals surface area contributed by atoms with Crippen molar-refractivity contribution in [2.75, 3.05) is 26.7 Å². The van der Waals surface area contributed by atoms with E-state index in [0.717, 1.165) is 32.1 Å². The Balaban J connectivity index is 2.08. The van der Waals surface area contributed by atoms with Crippen molar-refractivity contribution in [2.24, 2.45) is 17.8 Å². The van der Waals surface area contributed by atoms with Crippen LogP contribution in [0.4, 0.5) is 0 Å². The molecule has 0 aromatic rings. The molecular formula is C32H63N5O4. The molecular weight excluding hydrogens is 518 g/mol. The summed E-state index contributed by atoms with van der Waals surface area (Å²) in [5, 5.41) is 32.2. The number of aliphatic hydroxyl groups is 2. The number of rotatable bonds is 17. The van der Waals surface area contributed by atoms with Crippen molar-refractivity contribution < 1.29 is 19.8 Å². The van der Waals surface area contributed by atoms with Crippen LogP contribution in [0.15, 0.2) is 0 Å². The van der Waals surface area contributed by atoms with E-state index in [9.17, 15) is 19.8 Å². The van der Waals surface area contributed by atoms with E-state index in [0.29, 0.717) is 31.5 Å². The Morgan fingerprint density at radius 2 is 1.63 bits per heavy atom. The van der Waals surface area contributed by atoms with Crippen molar-refractivity contribution in [1.29, 1.82) is 0 Å². The number of nitrogens with zero attached hydrogens (tertiary/aromatic N) is 2. The molecule has 0 radical (unpaired) electrons. The summed E-state index contributed by atoms with van der Waals surface area (Å²) >= 11 is 0. The second-order valence-electron chi connectivity index (χ2n) is 13.0. The Morgan fingerprint density at radius 3 is 2.24 bits per heavy atom. The molecule has 1 heterocycles. The minimum Gasteiger partial charge on any atom is -0.387 e. The van der Waals surface area contributed by atoms with Gasteiger partial charge < -0.3 is 26.2 Å². The molecule has 9 heteroatoms. The quantitative estimate of drug-likeness (QED) is 0.167. The molecule has 0 aromatic heterocycles. The van der Waals surface area contributed by atoms with Crippen LogP contribution in [0.3, 0.4) is 0 Å². The van der Waals surface area contributed by atoms with Crippen LogP contribution in [0.2, 0.25) is 0 Å². The second kappa shape index (κ2) is 18.4. The monoisotopic (exact) mass is 581 g/mol. The first-order valence-electron chi connectivity index (χ1n) is 16.7. The van der Waals surface area contributed by atoms with E-state index in [1.807, 2.05) is 6.92 Å². The second-order valence-corrected chi connectivity index (χ2v) is 13.0. The minimum absolute atomic E-state index is 0.0301. The van der Waals surface area contributed by atoms with E-state index in [1.54, 1.807) is 11.9 Å². The molecule has 0 aromatic carbocycles. The number of amides is 2. The van der Waals surface area contributed by atoms with Gasteiger partial charge in [0.2, 0.25) is 11.8 Å². The summed E-state index contributed by atoms with van der Waals surface area (Å²) in [6, 6.07) is -0.923. The van der Waals surface area contributed by atoms with E-state index in [1.165, 1.54) is 38.5 Å². The van der Waals surface area contributed by atoms with Gasteiger partial charge >= 0.3 is 0 Å². The highest BCUT2D eigenvalue weighted by atomic mass is 16.3. The van der Waals surface area contributed by atoms with Gasteiger partial charge in [-0.15, -0.1) is 0 Å². The standard InChI is InChI=1S/C32H63N5O4/c1-8-11-13-16-22(4)20-34-29(39)23(5)21-33-26(10-3)31-36(7)32(41)28(38)27(37(31)19-9-2)30(40)35-24(6)25-17-14-12-15-18-25/h22-28,31-33,38,41H,8-21H2,1-7H3,(H,34,39)(H,35,40)/t22?,23?,24-,26?,27?,28?,31?,32?/m1/s1. The molecule has 0 bridgehead atoms. The predicted octanol–water partition coefficient (Wildman–Crippen LogP) is 3.44. The largest absolute Gasteiger partial charge is 0.387 e. The summed E-state index contributed by atoms with van der Waals surface area (Å²) in [6.45, 7) is 14.3. The lowest BCUT2D eigenvalue weighted by molar-refractivity contribution is -0.203. The van der Waals surface area contributed by atoms with Crippen molar-refractivity contribution in [2.45, 2.75) is 149 Å². The Kier molecular flexibility index (Phi) is 16.1. The minimum atomic E-state index is -1.22. The van der Waals surface area contributed by atoms with Crippen molar-refractivity contribution in [3.63, 3.8) is 0 Å². The first-order chi connectivity index (χ1) is 19.6. The van der Waals surface area contributed by atoms with Gasteiger partial charge in [0.05, 0.1) is 6.17 Å². The maximum atomic E-state index is 13.7. The van der Waals surface area contributed by atoms with Crippen LogP contribution in [0, 0.1) is 17.8 Å². The predicted molar refractivity (Wildman–Crippen MR) is 166 cm³/mol. The highest BCUT2D eigenvalue weighted by Crippen LogP contribution is 2.29. The zero-order chi connectivity index (χ0) is 30.5. The Hall–Kier alpha value is -1.26. The fourth-order valence-corrected chi connectivity index (χ4v) is 6.74. The number of unbranched alkanes of at least 4 members (excludes halogenated alkanes) is 2. The summed E-state index contributed by atoms with van der Waals surface area (Å²) in [4.78, 5) is 30.4. The highest BCUT2D eigenvalue weighted by Gasteiger charge is 2.50. The van der Waals surface area contributed by atoms with Gasteiger partial charge in [0.25, 0.3) is 0 Å². The van der Waals surface area contributed by atoms with Gasteiger partial charge in [-0.25, -0.2) is 0 Å². The molecule has 9 nitrogen and oxygen atoms in total. The first kappa shape index (κ1) is 35.9. The number of hydrogen-bond donors (Lipinski definition) is 5. The van der Waals surface area contributed by atoms with Gasteiger partial charge in [-0.3, -0.25) is 19.4 Å². The number of carbonyl (C=O) groups is 2. The summed E-state index contributed by atoms with van der Waals surface area (Å²) in [7, 11) is 1.81. The molecule has 1 aliphatic heterocycles. The lowest BCUT2D eigenvalue weighted by atomic mass is 9.84. The van der Waals surface area contributed by atoms with Crippen molar-refractivity contribution in [1.82, 2.24) is 25.8 Å². The van der Waals surface area contributed by atoms with E-state index in [2.05, 4.69) is 55.5 Å². The molecule has 1 saturated carbocycles. The molecule has 2 rings (SSSR count). The fraction of sp³-hybridized carbons (Fsp3) is 0.938. The smallest absolute Gasteiger partial charge is 0.240 e. The maximum Gasteiger partial charge on any atom is 0.240 e. The summed E-state index contributed by atoms with van der Waals surface area (Å²) in [5.41, 5.74) is 0. The molecule has 240 valence electrons. The van der Waals surface area contributed by atoms with Gasteiger partial charge in [-0.2, -0.15) is 0 Å². The number of hydrogen-bond acceptors (Lipinski definition) is 7. The van der Waals surface area contributed by atoms with Gasteiger partial charge in [0.15, 0.2) is 0 Å². The molecule has 41 heavy (non-hydrogen) atoms. The van der Waals surface area contributed by atoms with Crippen LogP contribution in [0.1, 0.15) is 112 Å². The molecule has 8 atom stereocenters.